The van der Waals surface area contributed by atoms with E-state index in [9.17, 15) is 9.50 Å². The molecule has 1 aromatic carbocycles. The molecule has 0 unspecified atom stereocenters. The summed E-state index contributed by atoms with van der Waals surface area (Å²) in [5.74, 6) is -0.197. The Hall–Kier alpha value is -2.03. The van der Waals surface area contributed by atoms with Gasteiger partial charge in [-0.2, -0.15) is 9.61 Å². The molecule has 8 heteroatoms. The van der Waals surface area contributed by atoms with Crippen LogP contribution in [0.3, 0.4) is 0 Å². The summed E-state index contributed by atoms with van der Waals surface area (Å²) in [6.07, 6.45) is 1.58. The fourth-order valence-electron chi connectivity index (χ4n) is 3.47. The van der Waals surface area contributed by atoms with Crippen LogP contribution in [0.4, 0.5) is 4.39 Å². The van der Waals surface area contributed by atoms with Crippen LogP contribution in [-0.2, 0) is 4.74 Å². The normalized spacial score (nSPS) is 23.2. The molecule has 0 bridgehead atoms. The van der Waals surface area contributed by atoms with E-state index in [0.29, 0.717) is 4.96 Å². The highest BCUT2D eigenvalue weighted by Gasteiger charge is 2.33. The lowest BCUT2D eigenvalue weighted by Gasteiger charge is -2.40. The number of ether oxygens (including phenoxy) is 1. The van der Waals surface area contributed by atoms with E-state index in [4.69, 9.17) is 4.74 Å². The van der Waals surface area contributed by atoms with Crippen molar-refractivity contribution in [3.8, 4) is 5.88 Å². The van der Waals surface area contributed by atoms with Gasteiger partial charge < -0.3 is 9.84 Å². The molecule has 1 aliphatic rings. The van der Waals surface area contributed by atoms with Crippen molar-refractivity contribution in [3.63, 3.8) is 0 Å². The summed E-state index contributed by atoms with van der Waals surface area (Å²) >= 11 is 1.40. The monoisotopic (exact) mass is 362 g/mol. The number of hydrogen-bond donors (Lipinski definition) is 1. The Morgan fingerprint density at radius 2 is 1.92 bits per heavy atom. The van der Waals surface area contributed by atoms with Gasteiger partial charge in [0, 0.05) is 13.1 Å². The molecule has 1 fully saturated rings. The first-order valence-electron chi connectivity index (χ1n) is 8.19. The number of fused-ring (bicyclic) bond motifs is 1. The van der Waals surface area contributed by atoms with Crippen molar-refractivity contribution in [1.82, 2.24) is 19.5 Å². The van der Waals surface area contributed by atoms with E-state index in [1.165, 1.54) is 34.3 Å². The third-order valence-corrected chi connectivity index (χ3v) is 5.47. The summed E-state index contributed by atoms with van der Waals surface area (Å²) in [7, 11) is 0. The number of benzene rings is 1. The van der Waals surface area contributed by atoms with Gasteiger partial charge in [-0.25, -0.2) is 9.37 Å². The first-order chi connectivity index (χ1) is 12.0. The number of halogens is 1. The molecule has 25 heavy (non-hydrogen) atoms. The average molecular weight is 362 g/mol. The lowest BCUT2D eigenvalue weighted by molar-refractivity contribution is -0.0764. The van der Waals surface area contributed by atoms with Crippen molar-refractivity contribution < 1.29 is 14.2 Å². The average Bonchev–Trinajstić information content (AvgIpc) is 3.13. The van der Waals surface area contributed by atoms with Gasteiger partial charge in [0.1, 0.15) is 12.1 Å². The van der Waals surface area contributed by atoms with Crippen LogP contribution >= 0.6 is 11.3 Å². The van der Waals surface area contributed by atoms with E-state index in [1.54, 1.807) is 12.1 Å². The first kappa shape index (κ1) is 16.4. The van der Waals surface area contributed by atoms with E-state index in [0.717, 1.165) is 23.5 Å². The van der Waals surface area contributed by atoms with Crippen molar-refractivity contribution in [2.75, 3.05) is 13.1 Å². The van der Waals surface area contributed by atoms with Gasteiger partial charge in [-0.3, -0.25) is 4.90 Å². The van der Waals surface area contributed by atoms with Crippen LogP contribution in [-0.4, -0.2) is 49.9 Å². The minimum absolute atomic E-state index is 0.0796. The molecule has 3 atom stereocenters. The third kappa shape index (κ3) is 3.01. The second-order valence-electron chi connectivity index (χ2n) is 6.41. The largest absolute Gasteiger partial charge is 0.492 e. The molecule has 1 aliphatic heterocycles. The van der Waals surface area contributed by atoms with Crippen LogP contribution < -0.4 is 0 Å². The molecule has 6 nitrogen and oxygen atoms in total. The third-order valence-electron chi connectivity index (χ3n) is 4.39. The lowest BCUT2D eigenvalue weighted by Crippen LogP contribution is -2.47. The smallest absolute Gasteiger partial charge is 0.230 e. The Kier molecular flexibility index (Phi) is 4.18. The van der Waals surface area contributed by atoms with Gasteiger partial charge >= 0.3 is 0 Å². The summed E-state index contributed by atoms with van der Waals surface area (Å²) in [5, 5.41) is 14.7. The predicted molar refractivity (Wildman–Crippen MR) is 92.4 cm³/mol. The van der Waals surface area contributed by atoms with Crippen LogP contribution in [0.1, 0.15) is 30.3 Å². The molecule has 132 valence electrons. The molecule has 2 aromatic heterocycles. The van der Waals surface area contributed by atoms with Crippen LogP contribution in [0.25, 0.3) is 4.96 Å². The van der Waals surface area contributed by atoms with Crippen LogP contribution in [0, 0.1) is 5.82 Å². The van der Waals surface area contributed by atoms with E-state index >= 15 is 0 Å². The van der Waals surface area contributed by atoms with Gasteiger partial charge in [-0.05, 0) is 31.5 Å². The Morgan fingerprint density at radius 3 is 2.56 bits per heavy atom. The Balaban J connectivity index is 1.81. The molecule has 0 aliphatic carbocycles. The molecule has 0 amide bonds. The number of aromatic nitrogens is 3. The number of thiazole rings is 1. The summed E-state index contributed by atoms with van der Waals surface area (Å²) < 4.78 is 20.7. The van der Waals surface area contributed by atoms with Crippen molar-refractivity contribution in [2.24, 2.45) is 0 Å². The Labute approximate surface area is 148 Å². The number of hydrogen-bond acceptors (Lipinski definition) is 6. The van der Waals surface area contributed by atoms with Crippen molar-refractivity contribution in [1.29, 1.82) is 0 Å². The molecule has 0 saturated carbocycles. The number of rotatable bonds is 3. The Morgan fingerprint density at radius 1 is 1.24 bits per heavy atom. The van der Waals surface area contributed by atoms with Gasteiger partial charge in [-0.1, -0.05) is 23.5 Å². The van der Waals surface area contributed by atoms with Gasteiger partial charge in [0.2, 0.25) is 10.8 Å². The van der Waals surface area contributed by atoms with Crippen molar-refractivity contribution in [2.45, 2.75) is 32.1 Å². The summed E-state index contributed by atoms with van der Waals surface area (Å²) in [6.45, 7) is 5.51. The highest BCUT2D eigenvalue weighted by Crippen LogP contribution is 2.40. The molecular weight excluding hydrogens is 343 g/mol. The maximum atomic E-state index is 13.4. The minimum Gasteiger partial charge on any atom is -0.492 e. The Bertz CT molecular complexity index is 869. The lowest BCUT2D eigenvalue weighted by atomic mass is 10.0. The van der Waals surface area contributed by atoms with Gasteiger partial charge in [0.15, 0.2) is 0 Å². The minimum atomic E-state index is -0.280. The second-order valence-corrected chi connectivity index (χ2v) is 7.42. The molecule has 0 radical (unpaired) electrons. The number of nitrogens with zero attached hydrogens (tertiary/aromatic N) is 4. The van der Waals surface area contributed by atoms with Gasteiger partial charge in [-0.15, -0.1) is 0 Å². The van der Waals surface area contributed by atoms with Crippen molar-refractivity contribution >= 4 is 16.3 Å². The second kappa shape index (κ2) is 6.36. The zero-order valence-electron chi connectivity index (χ0n) is 14.0. The molecule has 1 saturated heterocycles. The highest BCUT2D eigenvalue weighted by atomic mass is 32.1. The maximum Gasteiger partial charge on any atom is 0.230 e. The molecule has 3 heterocycles. The summed E-state index contributed by atoms with van der Waals surface area (Å²) in [4.78, 5) is 7.82. The van der Waals surface area contributed by atoms with E-state index in [1.807, 2.05) is 13.8 Å². The summed E-state index contributed by atoms with van der Waals surface area (Å²) in [6, 6.07) is 6.22. The molecule has 0 spiro atoms. The predicted octanol–water partition coefficient (Wildman–Crippen LogP) is 2.83. The molecule has 3 aromatic rings. The zero-order valence-corrected chi connectivity index (χ0v) is 14.8. The standard InChI is InChI=1S/C17H19FN4O2S/c1-10-7-21(8-11(2)24-10)14(12-3-5-13(18)6-4-12)15-16(23)22-17(25-15)19-9-20-22/h3-6,9-11,14,23H,7-8H2,1-2H3/t10-,11-,14+/m1/s1. The van der Waals surface area contributed by atoms with E-state index in [2.05, 4.69) is 15.0 Å². The number of morpholine rings is 1. The fraction of sp³-hybridized carbons (Fsp3) is 0.412. The number of aromatic hydroxyl groups is 1. The van der Waals surface area contributed by atoms with E-state index in [-0.39, 0.29) is 29.9 Å². The van der Waals surface area contributed by atoms with E-state index < -0.39 is 0 Å². The highest BCUT2D eigenvalue weighted by molar-refractivity contribution is 7.17. The van der Waals surface area contributed by atoms with Gasteiger partial charge in [0.25, 0.3) is 0 Å². The summed E-state index contributed by atoms with van der Waals surface area (Å²) in [5.41, 5.74) is 0.919. The van der Waals surface area contributed by atoms with Crippen LogP contribution in [0.15, 0.2) is 30.6 Å². The van der Waals surface area contributed by atoms with Crippen LogP contribution in [0.5, 0.6) is 5.88 Å². The zero-order chi connectivity index (χ0) is 17.6. The quantitative estimate of drug-likeness (QED) is 0.776. The molecule has 4 rings (SSSR count). The fourth-order valence-corrected chi connectivity index (χ4v) is 4.56. The first-order valence-corrected chi connectivity index (χ1v) is 9.01. The van der Waals surface area contributed by atoms with Crippen molar-refractivity contribution in [3.05, 3.63) is 46.9 Å². The molecular formula is C17H19FN4O2S. The maximum absolute atomic E-state index is 13.4. The molecule has 1 N–H and O–H groups in total. The van der Waals surface area contributed by atoms with Crippen LogP contribution in [0.2, 0.25) is 0 Å². The topological polar surface area (TPSA) is 62.9 Å². The van der Waals surface area contributed by atoms with Gasteiger partial charge in [0.05, 0.1) is 23.1 Å². The SMILES string of the molecule is C[C@@H]1CN([C@@H](c2ccc(F)cc2)c2sc3ncnn3c2O)C[C@@H](C)O1.